The predicted molar refractivity (Wildman–Crippen MR) is 130 cm³/mol. The molecule has 2 aliphatic rings. The van der Waals surface area contributed by atoms with Gasteiger partial charge in [-0.2, -0.15) is 32.9 Å². The largest absolute Gasteiger partial charge is 0.416 e. The van der Waals surface area contributed by atoms with E-state index < -0.39 is 50.4 Å². The summed E-state index contributed by atoms with van der Waals surface area (Å²) in [7, 11) is -4.15. The molecule has 3 aromatic heterocycles. The van der Waals surface area contributed by atoms with E-state index in [4.69, 9.17) is 0 Å². The fraction of sp³-hybridized carbons (Fsp3) is 0.320. The number of halogens is 4. The molecule has 0 spiro atoms. The molecule has 208 valence electrons. The summed E-state index contributed by atoms with van der Waals surface area (Å²) in [5.41, 5.74) is -0.827. The number of rotatable bonds is 5. The summed E-state index contributed by atoms with van der Waals surface area (Å²) >= 11 is 0. The standard InChI is InChI=1S/C25H21F4N7O3S/c26-18-1-3-19(4-2-18)36-21-10-16-6-8-35(40(38,39)22-13-31-34-33-22)14-24(16,11-15(21)12-32-36)23(37)20-9-17(5-7-30-20)25(27,28)29/h1-5,7,9,12-13,16H,6,8,10-11,14H2,(H,31,33,34)/t16-,24-/m0/s1. The van der Waals surface area contributed by atoms with Crippen LogP contribution in [0.3, 0.4) is 0 Å². The van der Waals surface area contributed by atoms with Crippen LogP contribution in [-0.4, -0.2) is 61.8 Å². The Morgan fingerprint density at radius 2 is 1.90 bits per heavy atom. The number of aromatic amines is 1. The van der Waals surface area contributed by atoms with Gasteiger partial charge < -0.3 is 0 Å². The molecule has 0 saturated carbocycles. The summed E-state index contributed by atoms with van der Waals surface area (Å²) in [5.74, 6) is -1.53. The Morgan fingerprint density at radius 3 is 2.60 bits per heavy atom. The maximum Gasteiger partial charge on any atom is 0.416 e. The number of carbonyl (C=O) groups excluding carboxylic acids is 1. The van der Waals surface area contributed by atoms with Crippen LogP contribution in [0.2, 0.25) is 0 Å². The van der Waals surface area contributed by atoms with E-state index in [-0.39, 0.29) is 31.0 Å². The highest BCUT2D eigenvalue weighted by Crippen LogP contribution is 2.48. The van der Waals surface area contributed by atoms with Crippen LogP contribution in [-0.2, 0) is 29.0 Å². The molecule has 1 aromatic carbocycles. The second-order valence-corrected chi connectivity index (χ2v) is 11.8. The number of H-pyrrole nitrogens is 1. The number of benzene rings is 1. The van der Waals surface area contributed by atoms with Crippen molar-refractivity contribution in [2.45, 2.75) is 30.5 Å². The molecule has 1 saturated heterocycles. The highest BCUT2D eigenvalue weighted by molar-refractivity contribution is 7.89. The van der Waals surface area contributed by atoms with Gasteiger partial charge in [-0.25, -0.2) is 17.5 Å². The lowest BCUT2D eigenvalue weighted by Gasteiger charge is -2.48. The summed E-state index contributed by atoms with van der Waals surface area (Å²) in [6.07, 6.45) is -0.597. The Morgan fingerprint density at radius 1 is 1.12 bits per heavy atom. The number of sulfonamides is 1. The Bertz CT molecular complexity index is 1690. The monoisotopic (exact) mass is 575 g/mol. The van der Waals surface area contributed by atoms with Crippen LogP contribution in [0, 0.1) is 17.2 Å². The van der Waals surface area contributed by atoms with Crippen LogP contribution >= 0.6 is 0 Å². The van der Waals surface area contributed by atoms with Crippen molar-refractivity contribution in [1.29, 1.82) is 0 Å². The van der Waals surface area contributed by atoms with E-state index in [0.717, 1.165) is 28.5 Å². The van der Waals surface area contributed by atoms with Gasteiger partial charge in [-0.1, -0.05) is 0 Å². The van der Waals surface area contributed by atoms with Gasteiger partial charge in [0.25, 0.3) is 10.0 Å². The zero-order valence-electron chi connectivity index (χ0n) is 20.6. The molecule has 0 bridgehead atoms. The van der Waals surface area contributed by atoms with Crippen LogP contribution in [0.5, 0.6) is 0 Å². The SMILES string of the molecule is O=C(c1cc(C(F)(F)F)ccn1)[C@]12Cc3cnn(-c4ccc(F)cc4)c3C[C@@H]1CCN(S(=O)(=O)c1cn[nH]n1)C2. The smallest absolute Gasteiger partial charge is 0.292 e. The number of hydrogen-bond acceptors (Lipinski definition) is 7. The first kappa shape index (κ1) is 26.3. The molecular formula is C25H21F4N7O3S. The molecule has 1 aliphatic carbocycles. The predicted octanol–water partition coefficient (Wildman–Crippen LogP) is 3.22. The van der Waals surface area contributed by atoms with Gasteiger partial charge in [-0.3, -0.25) is 9.78 Å². The molecule has 0 unspecified atom stereocenters. The van der Waals surface area contributed by atoms with Crippen molar-refractivity contribution >= 4 is 15.8 Å². The van der Waals surface area contributed by atoms with Gasteiger partial charge in [-0.15, -0.1) is 5.10 Å². The van der Waals surface area contributed by atoms with Crippen molar-refractivity contribution < 1.29 is 30.8 Å². The van der Waals surface area contributed by atoms with Gasteiger partial charge in [0.15, 0.2) is 5.78 Å². The molecule has 15 heteroatoms. The number of ketones is 1. The zero-order chi connectivity index (χ0) is 28.3. The first-order valence-corrected chi connectivity index (χ1v) is 13.7. The average Bonchev–Trinajstić information content (AvgIpc) is 3.62. The Kier molecular flexibility index (Phi) is 6.10. The van der Waals surface area contributed by atoms with Crippen molar-refractivity contribution in [2.24, 2.45) is 11.3 Å². The Labute approximate surface area is 225 Å². The lowest BCUT2D eigenvalue weighted by atomic mass is 9.60. The van der Waals surface area contributed by atoms with Crippen molar-refractivity contribution in [3.05, 3.63) is 83.3 Å². The second-order valence-electron chi connectivity index (χ2n) is 9.93. The maximum absolute atomic E-state index is 14.2. The van der Waals surface area contributed by atoms with Crippen LogP contribution in [0.15, 0.2) is 60.0 Å². The van der Waals surface area contributed by atoms with E-state index in [2.05, 4.69) is 25.5 Å². The minimum absolute atomic E-state index is 0.0236. The molecule has 4 aromatic rings. The number of nitrogens with zero attached hydrogens (tertiary/aromatic N) is 6. The molecule has 6 rings (SSSR count). The van der Waals surface area contributed by atoms with Crippen LogP contribution in [0.4, 0.5) is 17.6 Å². The minimum Gasteiger partial charge on any atom is -0.292 e. The van der Waals surface area contributed by atoms with E-state index in [1.807, 2.05) is 0 Å². The average molecular weight is 576 g/mol. The number of fused-ring (bicyclic) bond motifs is 2. The Balaban J connectivity index is 1.45. The lowest BCUT2D eigenvalue weighted by Crippen LogP contribution is -2.57. The molecule has 10 nitrogen and oxygen atoms in total. The van der Waals surface area contributed by atoms with Gasteiger partial charge in [0.05, 0.1) is 29.1 Å². The third-order valence-corrected chi connectivity index (χ3v) is 9.43. The number of hydrogen-bond donors (Lipinski definition) is 1. The third kappa shape index (κ3) is 4.29. The van der Waals surface area contributed by atoms with Crippen LogP contribution in [0.25, 0.3) is 5.69 Å². The number of nitrogens with one attached hydrogen (secondary N) is 1. The molecule has 0 radical (unpaired) electrons. The number of carbonyl (C=O) groups is 1. The fourth-order valence-corrected chi connectivity index (χ4v) is 7.08. The molecule has 1 N–H and O–H groups in total. The van der Waals surface area contributed by atoms with E-state index >= 15 is 0 Å². The topological polar surface area (TPSA) is 127 Å². The van der Waals surface area contributed by atoms with Gasteiger partial charge in [0, 0.05) is 25.0 Å². The summed E-state index contributed by atoms with van der Waals surface area (Å²) in [6.45, 7) is -0.226. The second kappa shape index (κ2) is 9.30. The van der Waals surface area contributed by atoms with Gasteiger partial charge in [0.1, 0.15) is 11.5 Å². The van der Waals surface area contributed by atoms with Crippen molar-refractivity contribution in [3.8, 4) is 5.69 Å². The maximum atomic E-state index is 14.2. The molecule has 40 heavy (non-hydrogen) atoms. The number of pyridine rings is 1. The van der Waals surface area contributed by atoms with E-state index in [1.54, 1.807) is 23.0 Å². The van der Waals surface area contributed by atoms with Crippen molar-refractivity contribution in [1.82, 2.24) is 34.5 Å². The summed E-state index contributed by atoms with van der Waals surface area (Å²) in [6, 6.07) is 7.21. The van der Waals surface area contributed by atoms with Crippen LogP contribution < -0.4 is 0 Å². The first-order valence-electron chi connectivity index (χ1n) is 12.2. The van der Waals surface area contributed by atoms with E-state index in [0.29, 0.717) is 23.7 Å². The Hall–Kier alpha value is -3.98. The fourth-order valence-electron chi connectivity index (χ4n) is 5.72. The molecular weight excluding hydrogens is 554 g/mol. The summed E-state index contributed by atoms with van der Waals surface area (Å²) in [4.78, 5) is 18.1. The first-order chi connectivity index (χ1) is 19.0. The number of aromatic nitrogens is 6. The molecule has 1 fully saturated rings. The minimum atomic E-state index is -4.69. The van der Waals surface area contributed by atoms with Crippen molar-refractivity contribution in [2.75, 3.05) is 13.1 Å². The third-order valence-electron chi connectivity index (χ3n) is 7.71. The highest BCUT2D eigenvalue weighted by atomic mass is 32.2. The lowest BCUT2D eigenvalue weighted by molar-refractivity contribution is -0.137. The van der Waals surface area contributed by atoms with E-state index in [9.17, 15) is 30.8 Å². The highest BCUT2D eigenvalue weighted by Gasteiger charge is 2.55. The van der Waals surface area contributed by atoms with Crippen LogP contribution in [0.1, 0.15) is 33.7 Å². The van der Waals surface area contributed by atoms with Gasteiger partial charge in [-0.05, 0) is 67.1 Å². The molecule has 0 amide bonds. The number of piperidine rings is 1. The van der Waals surface area contributed by atoms with Gasteiger partial charge >= 0.3 is 6.18 Å². The summed E-state index contributed by atoms with van der Waals surface area (Å²) in [5, 5.41) is 13.6. The zero-order valence-corrected chi connectivity index (χ0v) is 21.5. The molecule has 4 heterocycles. The van der Waals surface area contributed by atoms with Gasteiger partial charge in [0.2, 0.25) is 5.03 Å². The molecule has 2 atom stereocenters. The van der Waals surface area contributed by atoms with E-state index in [1.165, 1.54) is 12.1 Å². The normalized spacial score (nSPS) is 21.6. The van der Waals surface area contributed by atoms with Crippen molar-refractivity contribution in [3.63, 3.8) is 0 Å². The summed E-state index contributed by atoms with van der Waals surface area (Å²) < 4.78 is 83.5. The quantitative estimate of drug-likeness (QED) is 0.286. The number of alkyl halides is 3. The number of Topliss-reactive ketones (excluding diaryl/α,β-unsaturated/α-hetero) is 1. The molecule has 1 aliphatic heterocycles.